The lowest BCUT2D eigenvalue weighted by molar-refractivity contribution is 0.0552. The van der Waals surface area contributed by atoms with E-state index in [4.69, 9.17) is 13.6 Å². The highest BCUT2D eigenvalue weighted by molar-refractivity contribution is 6.79. The predicted molar refractivity (Wildman–Crippen MR) is 170 cm³/mol. The highest BCUT2D eigenvalue weighted by Gasteiger charge is 2.27. The van der Waals surface area contributed by atoms with Crippen LogP contribution < -0.4 is 5.46 Å². The van der Waals surface area contributed by atoms with E-state index in [1.54, 1.807) is 7.11 Å². The molecule has 0 amide bonds. The van der Waals surface area contributed by atoms with Crippen molar-refractivity contribution >= 4 is 56.1 Å². The molecule has 5 aromatic carbocycles. The number of hydrogen-bond donors (Lipinski definition) is 0. The van der Waals surface area contributed by atoms with Gasteiger partial charge in [-0.3, -0.25) is 0 Å². The minimum Gasteiger partial charge on any atom is -0.456 e. The van der Waals surface area contributed by atoms with Crippen LogP contribution in [0.15, 0.2) is 93.2 Å². The van der Waals surface area contributed by atoms with Crippen LogP contribution in [0.1, 0.15) is 33.3 Å². The first-order valence-corrected chi connectivity index (χ1v) is 14.2. The molecule has 0 atom stereocenters. The maximum Gasteiger partial charge on any atom is 0.198 e. The van der Waals surface area contributed by atoms with Crippen molar-refractivity contribution in [2.24, 2.45) is 0 Å². The van der Waals surface area contributed by atoms with Crippen molar-refractivity contribution in [1.82, 2.24) is 0 Å². The highest BCUT2D eigenvalue weighted by Crippen LogP contribution is 2.49. The molecular weight excluding hydrogens is 491 g/mol. The lowest BCUT2D eigenvalue weighted by atomic mass is 9.45. The fraction of sp³-hybridized carbons (Fsp3) is 0.222. The standard InChI is InChI=1S/C36H33BO3/c1-7-22-8-10-23(11-9-22)24-12-16-28-32-25(24)13-17-30-34(32)35-31(39-28)18-14-26-27(15-19-29(40-30)33(26)35)37(5)20-21(2)36(3,4)38-6/h8-20H,7H2,1-6H3/b21-20-. The highest BCUT2D eigenvalue weighted by atomic mass is 16.5. The minimum absolute atomic E-state index is 0.202. The Labute approximate surface area is 235 Å². The molecule has 40 heavy (non-hydrogen) atoms. The van der Waals surface area contributed by atoms with Gasteiger partial charge in [-0.05, 0) is 85.0 Å². The number of methoxy groups -OCH3 is 1. The van der Waals surface area contributed by atoms with E-state index in [0.29, 0.717) is 0 Å². The van der Waals surface area contributed by atoms with Crippen molar-refractivity contribution in [2.45, 2.75) is 46.5 Å². The van der Waals surface area contributed by atoms with Crippen molar-refractivity contribution in [3.05, 3.63) is 89.9 Å². The van der Waals surface area contributed by atoms with Gasteiger partial charge in [0.05, 0.1) is 5.60 Å². The summed E-state index contributed by atoms with van der Waals surface area (Å²) in [4.78, 5) is 0. The van der Waals surface area contributed by atoms with Gasteiger partial charge >= 0.3 is 0 Å². The van der Waals surface area contributed by atoms with Crippen LogP contribution in [0.2, 0.25) is 6.82 Å². The maximum atomic E-state index is 6.61. The van der Waals surface area contributed by atoms with Crippen molar-refractivity contribution in [3.63, 3.8) is 0 Å². The molecule has 0 saturated heterocycles. The molecule has 0 radical (unpaired) electrons. The number of hydrogen-bond acceptors (Lipinski definition) is 3. The van der Waals surface area contributed by atoms with Crippen LogP contribution in [0.5, 0.6) is 0 Å². The second-order valence-corrected chi connectivity index (χ2v) is 11.6. The maximum absolute atomic E-state index is 6.61. The summed E-state index contributed by atoms with van der Waals surface area (Å²) >= 11 is 0. The summed E-state index contributed by atoms with van der Waals surface area (Å²) in [6.07, 6.45) is 1.03. The smallest absolute Gasteiger partial charge is 0.198 e. The first-order valence-electron chi connectivity index (χ1n) is 14.2. The summed E-state index contributed by atoms with van der Waals surface area (Å²) in [5, 5.41) is 4.63. The zero-order valence-electron chi connectivity index (χ0n) is 24.0. The third-order valence-corrected chi connectivity index (χ3v) is 9.06. The van der Waals surface area contributed by atoms with Gasteiger partial charge in [0, 0.05) is 29.0 Å². The van der Waals surface area contributed by atoms with Gasteiger partial charge in [0.25, 0.3) is 0 Å². The van der Waals surface area contributed by atoms with E-state index >= 15 is 0 Å². The number of ether oxygens (including phenoxy) is 1. The van der Waals surface area contributed by atoms with Crippen LogP contribution in [0.3, 0.4) is 0 Å². The Kier molecular flexibility index (Phi) is 5.63. The fourth-order valence-electron chi connectivity index (χ4n) is 6.28. The molecule has 0 saturated carbocycles. The molecule has 3 nitrogen and oxygen atoms in total. The monoisotopic (exact) mass is 524 g/mol. The Morgan fingerprint density at radius 1 is 0.775 bits per heavy atom. The average molecular weight is 524 g/mol. The van der Waals surface area contributed by atoms with Gasteiger partial charge in [-0.25, -0.2) is 0 Å². The summed E-state index contributed by atoms with van der Waals surface area (Å²) in [6.45, 7) is 11.0. The van der Waals surface area contributed by atoms with Crippen molar-refractivity contribution in [1.29, 1.82) is 0 Å². The van der Waals surface area contributed by atoms with E-state index in [2.05, 4.69) is 113 Å². The van der Waals surface area contributed by atoms with Crippen LogP contribution in [0.25, 0.3) is 66.1 Å². The van der Waals surface area contributed by atoms with Gasteiger partial charge in [0.1, 0.15) is 22.3 Å². The summed E-state index contributed by atoms with van der Waals surface area (Å²) in [7, 11) is 1.77. The van der Waals surface area contributed by atoms with E-state index < -0.39 is 0 Å². The third kappa shape index (κ3) is 3.63. The average Bonchev–Trinajstić information content (AvgIpc) is 2.98. The molecule has 2 aliphatic heterocycles. The summed E-state index contributed by atoms with van der Waals surface area (Å²) in [6, 6.07) is 26.1. The first-order chi connectivity index (χ1) is 19.3. The number of rotatable bonds is 6. The van der Waals surface area contributed by atoms with E-state index in [0.717, 1.165) is 50.7 Å². The quantitative estimate of drug-likeness (QED) is 0.123. The molecule has 0 aliphatic carbocycles. The molecule has 0 unspecified atom stereocenters. The Morgan fingerprint density at radius 3 is 1.98 bits per heavy atom. The zero-order chi connectivity index (χ0) is 27.8. The second-order valence-electron chi connectivity index (χ2n) is 11.6. The molecular formula is C36H33BO3. The number of aryl methyl sites for hydroxylation is 1. The minimum atomic E-state index is -0.311. The van der Waals surface area contributed by atoms with Crippen LogP contribution in [-0.2, 0) is 11.2 Å². The van der Waals surface area contributed by atoms with Crippen molar-refractivity contribution in [3.8, 4) is 22.3 Å². The van der Waals surface area contributed by atoms with Gasteiger partial charge in [-0.15, -0.1) is 5.98 Å². The van der Waals surface area contributed by atoms with Gasteiger partial charge < -0.3 is 13.6 Å². The van der Waals surface area contributed by atoms with Gasteiger partial charge in [-0.1, -0.05) is 67.2 Å². The molecule has 198 valence electrons. The zero-order valence-corrected chi connectivity index (χ0v) is 24.0. The SMILES string of the molecule is CCc1ccc(-c2ccc3oc4ccc5c(B(C)/C=C(/C)C(C)(C)OC)ccc6oc7ccc2c3c7-c4c65)cc1. The van der Waals surface area contributed by atoms with Gasteiger partial charge in [0.2, 0.25) is 0 Å². The fourth-order valence-corrected chi connectivity index (χ4v) is 6.28. The Bertz CT molecular complexity index is 2020. The molecule has 0 fully saturated rings. The Balaban J connectivity index is 1.49. The predicted octanol–water partition coefficient (Wildman–Crippen LogP) is 9.50. The van der Waals surface area contributed by atoms with Crippen LogP contribution in [-0.4, -0.2) is 19.4 Å². The third-order valence-electron chi connectivity index (χ3n) is 9.06. The Morgan fingerprint density at radius 2 is 1.35 bits per heavy atom. The Hall–Kier alpha value is -4.02. The van der Waals surface area contributed by atoms with Gasteiger partial charge in [0.15, 0.2) is 6.71 Å². The van der Waals surface area contributed by atoms with E-state index in [1.165, 1.54) is 38.5 Å². The lowest BCUT2D eigenvalue weighted by Gasteiger charge is -2.25. The van der Waals surface area contributed by atoms with Crippen LogP contribution >= 0.6 is 0 Å². The molecule has 0 aromatic heterocycles. The molecule has 2 heterocycles. The van der Waals surface area contributed by atoms with Crippen molar-refractivity contribution in [2.75, 3.05) is 7.11 Å². The van der Waals surface area contributed by atoms with Crippen LogP contribution in [0.4, 0.5) is 0 Å². The van der Waals surface area contributed by atoms with E-state index in [-0.39, 0.29) is 12.3 Å². The molecule has 4 heteroatoms. The molecule has 0 bridgehead atoms. The molecule has 0 spiro atoms. The molecule has 0 N–H and O–H groups in total. The largest absolute Gasteiger partial charge is 0.456 e. The van der Waals surface area contributed by atoms with Crippen LogP contribution in [0, 0.1) is 0 Å². The lowest BCUT2D eigenvalue weighted by Crippen LogP contribution is -2.30. The summed E-state index contributed by atoms with van der Waals surface area (Å²) in [5.74, 6) is 2.32. The molecule has 7 rings (SSSR count). The first kappa shape index (κ1) is 25.0. The van der Waals surface area contributed by atoms with E-state index in [9.17, 15) is 0 Å². The van der Waals surface area contributed by atoms with Crippen molar-refractivity contribution < 1.29 is 13.6 Å². The second kappa shape index (κ2) is 9.01. The van der Waals surface area contributed by atoms with Gasteiger partial charge in [-0.2, -0.15) is 0 Å². The molecule has 5 aromatic rings. The topological polar surface area (TPSA) is 35.5 Å². The normalized spacial score (nSPS) is 13.1. The summed E-state index contributed by atoms with van der Waals surface area (Å²) < 4.78 is 19.0. The number of benzene rings is 5. The summed E-state index contributed by atoms with van der Waals surface area (Å²) in [5.41, 5.74) is 11.7. The molecule has 2 aliphatic rings. The van der Waals surface area contributed by atoms with E-state index in [1.807, 2.05) is 0 Å².